The smallest absolute Gasteiger partial charge is 0.275 e. The van der Waals surface area contributed by atoms with E-state index in [0.717, 1.165) is 25.7 Å². The Hall–Kier alpha value is -2.91. The maximum absolute atomic E-state index is 11.2. The van der Waals surface area contributed by atoms with Crippen LogP contribution in [0.5, 0.6) is 11.5 Å². The summed E-state index contributed by atoms with van der Waals surface area (Å²) in [5, 5.41) is 2.50. The second kappa shape index (κ2) is 16.8. The van der Waals surface area contributed by atoms with Crippen molar-refractivity contribution in [1.82, 2.24) is 16.2 Å². The van der Waals surface area contributed by atoms with Gasteiger partial charge in [-0.1, -0.05) is 26.7 Å². The highest BCUT2D eigenvalue weighted by Crippen LogP contribution is 2.20. The molecule has 0 aromatic heterocycles. The maximum atomic E-state index is 11.2. The van der Waals surface area contributed by atoms with Crippen molar-refractivity contribution in [3.63, 3.8) is 0 Å². The van der Waals surface area contributed by atoms with Crippen molar-refractivity contribution in [2.75, 3.05) is 20.3 Å². The largest absolute Gasteiger partial charge is 0.486 e. The van der Waals surface area contributed by atoms with Gasteiger partial charge in [0.15, 0.2) is 0 Å². The van der Waals surface area contributed by atoms with E-state index in [0.29, 0.717) is 38.9 Å². The second-order valence-corrected chi connectivity index (χ2v) is 6.83. The molecule has 0 saturated carbocycles. The molecule has 0 saturated heterocycles. The van der Waals surface area contributed by atoms with Crippen LogP contribution in [0.3, 0.4) is 0 Å². The van der Waals surface area contributed by atoms with Crippen molar-refractivity contribution < 1.29 is 23.9 Å². The summed E-state index contributed by atoms with van der Waals surface area (Å²) in [4.78, 5) is 54.6. The van der Waals surface area contributed by atoms with Gasteiger partial charge in [-0.2, -0.15) is 0 Å². The van der Waals surface area contributed by atoms with Crippen LogP contribution in [0, 0.1) is 0 Å². The fraction of sp³-hybridized carbons (Fsp3) is 0.667. The van der Waals surface area contributed by atoms with Crippen LogP contribution < -0.4 is 36.5 Å². The first kappa shape index (κ1) is 28.1. The van der Waals surface area contributed by atoms with Crippen LogP contribution in [-0.2, 0) is 14.4 Å². The molecule has 0 fully saturated rings. The molecule has 3 amide bonds. The van der Waals surface area contributed by atoms with Gasteiger partial charge in [-0.15, -0.1) is 0 Å². The number of rotatable bonds is 13. The molecule has 31 heavy (non-hydrogen) atoms. The van der Waals surface area contributed by atoms with Crippen molar-refractivity contribution in [2.45, 2.75) is 72.1 Å². The Labute approximate surface area is 182 Å². The lowest BCUT2D eigenvalue weighted by Crippen LogP contribution is -2.40. The molecule has 3 N–H and O–H groups in total. The number of nitrogens with one attached hydrogen (secondary N) is 3. The van der Waals surface area contributed by atoms with Gasteiger partial charge in [0.25, 0.3) is 10.9 Å². The Morgan fingerprint density at radius 2 is 1.19 bits per heavy atom. The molecule has 0 atom stereocenters. The highest BCUT2D eigenvalue weighted by Gasteiger charge is 2.23. The number of carbonyl (C=O) groups is 3. The molecule has 0 aliphatic carbocycles. The van der Waals surface area contributed by atoms with E-state index < -0.39 is 10.9 Å². The summed E-state index contributed by atoms with van der Waals surface area (Å²) < 4.78 is 10.5. The average Bonchev–Trinajstić information content (AvgIpc) is 2.76. The van der Waals surface area contributed by atoms with Gasteiger partial charge in [0.2, 0.25) is 29.2 Å². The molecule has 1 aromatic rings. The molecule has 0 radical (unpaired) electrons. The zero-order valence-corrected chi connectivity index (χ0v) is 18.9. The van der Waals surface area contributed by atoms with E-state index in [2.05, 4.69) is 16.2 Å². The Kier molecular flexibility index (Phi) is 15.3. The summed E-state index contributed by atoms with van der Waals surface area (Å²) in [6, 6.07) is 0. The minimum absolute atomic E-state index is 0.0303. The summed E-state index contributed by atoms with van der Waals surface area (Å²) in [6.07, 6.45) is 5.72. The van der Waals surface area contributed by atoms with E-state index in [1.165, 1.54) is 6.92 Å². The summed E-state index contributed by atoms with van der Waals surface area (Å²) in [7, 11) is 1.58. The maximum Gasteiger partial charge on any atom is 0.275 e. The molecule has 0 heterocycles. The topological polar surface area (TPSA) is 140 Å². The summed E-state index contributed by atoms with van der Waals surface area (Å²) in [5.74, 6) is -0.350. The standard InChI is InChI=1S/C12H18O4.C9H17N3O3/c1-3-5-7-15-11-9(13)10(14)12(11)16-8-6-4-2;1-7(13)11-12-9(15)6-4-3-5-8(14)10-2/h3-8H2,1-2H3;3-6H2,1-2H3,(H,10,14)(H,11,13)(H,12,15). The molecule has 0 aliphatic rings. The molecule has 176 valence electrons. The monoisotopic (exact) mass is 441 g/mol. The fourth-order valence-electron chi connectivity index (χ4n) is 2.17. The average molecular weight is 442 g/mol. The highest BCUT2D eigenvalue weighted by atomic mass is 16.5. The number of hydrogen-bond donors (Lipinski definition) is 3. The Bertz CT molecular complexity index is 717. The lowest BCUT2D eigenvalue weighted by atomic mass is 10.2. The quantitative estimate of drug-likeness (QED) is 0.237. The van der Waals surface area contributed by atoms with E-state index in [1.807, 2.05) is 13.8 Å². The van der Waals surface area contributed by atoms with Crippen molar-refractivity contribution >= 4 is 17.7 Å². The Balaban J connectivity index is 0.000000582. The number of hydrogen-bond acceptors (Lipinski definition) is 7. The van der Waals surface area contributed by atoms with E-state index in [1.54, 1.807) is 7.05 Å². The van der Waals surface area contributed by atoms with Crippen LogP contribution in [0.2, 0.25) is 0 Å². The molecule has 0 bridgehead atoms. The van der Waals surface area contributed by atoms with Gasteiger partial charge >= 0.3 is 0 Å². The fourth-order valence-corrected chi connectivity index (χ4v) is 2.17. The lowest BCUT2D eigenvalue weighted by Gasteiger charge is -2.12. The zero-order chi connectivity index (χ0) is 23.6. The van der Waals surface area contributed by atoms with Crippen molar-refractivity contribution in [3.8, 4) is 11.5 Å². The molecule has 10 nitrogen and oxygen atoms in total. The van der Waals surface area contributed by atoms with Crippen LogP contribution >= 0.6 is 0 Å². The van der Waals surface area contributed by atoms with Crippen molar-refractivity contribution in [3.05, 3.63) is 20.4 Å². The lowest BCUT2D eigenvalue weighted by molar-refractivity contribution is -0.128. The summed E-state index contributed by atoms with van der Waals surface area (Å²) in [5.41, 5.74) is 3.33. The third-order valence-corrected chi connectivity index (χ3v) is 4.03. The van der Waals surface area contributed by atoms with Crippen molar-refractivity contribution in [2.24, 2.45) is 0 Å². The minimum Gasteiger partial charge on any atom is -0.486 e. The number of unbranched alkanes of at least 4 members (excludes halogenated alkanes) is 3. The first-order valence-corrected chi connectivity index (χ1v) is 10.6. The van der Waals surface area contributed by atoms with Gasteiger partial charge in [0, 0.05) is 26.8 Å². The summed E-state index contributed by atoms with van der Waals surface area (Å²) >= 11 is 0. The van der Waals surface area contributed by atoms with E-state index in [4.69, 9.17) is 9.47 Å². The van der Waals surface area contributed by atoms with E-state index in [-0.39, 0.29) is 29.2 Å². The van der Waals surface area contributed by atoms with Crippen LogP contribution in [0.25, 0.3) is 0 Å². The Morgan fingerprint density at radius 1 is 0.742 bits per heavy atom. The van der Waals surface area contributed by atoms with Gasteiger partial charge in [0.05, 0.1) is 13.2 Å². The molecule has 1 rings (SSSR count). The highest BCUT2D eigenvalue weighted by molar-refractivity contribution is 5.80. The normalized spacial score (nSPS) is 9.94. The first-order valence-electron chi connectivity index (χ1n) is 10.6. The van der Waals surface area contributed by atoms with Crippen LogP contribution in [0.15, 0.2) is 9.59 Å². The number of ether oxygens (including phenoxy) is 2. The molecular weight excluding hydrogens is 406 g/mol. The van der Waals surface area contributed by atoms with Gasteiger partial charge < -0.3 is 14.8 Å². The van der Waals surface area contributed by atoms with Crippen molar-refractivity contribution in [1.29, 1.82) is 0 Å². The molecule has 1 aromatic carbocycles. The second-order valence-electron chi connectivity index (χ2n) is 6.83. The molecular formula is C21H35N3O7. The van der Waals surface area contributed by atoms with E-state index in [9.17, 15) is 24.0 Å². The predicted molar refractivity (Wildman–Crippen MR) is 117 cm³/mol. The molecule has 10 heteroatoms. The zero-order valence-electron chi connectivity index (χ0n) is 18.9. The number of carbonyl (C=O) groups excluding carboxylic acids is 3. The Morgan fingerprint density at radius 3 is 1.58 bits per heavy atom. The van der Waals surface area contributed by atoms with Crippen LogP contribution in [-0.4, -0.2) is 38.0 Å². The number of hydrazine groups is 1. The molecule has 0 aliphatic heterocycles. The third-order valence-electron chi connectivity index (χ3n) is 4.03. The van der Waals surface area contributed by atoms with E-state index >= 15 is 0 Å². The third kappa shape index (κ3) is 12.4. The minimum atomic E-state index is -0.553. The first-order chi connectivity index (χ1) is 14.8. The SMILES string of the molecule is CCCCOc1c(OCCCC)c(=O)c1=O.CNC(=O)CCCCC(=O)NNC(C)=O. The van der Waals surface area contributed by atoms with Gasteiger partial charge in [-0.3, -0.25) is 34.8 Å². The summed E-state index contributed by atoms with van der Waals surface area (Å²) in [6.45, 7) is 6.30. The van der Waals surface area contributed by atoms with Gasteiger partial charge in [0.1, 0.15) is 0 Å². The van der Waals surface area contributed by atoms with Gasteiger partial charge in [-0.25, -0.2) is 0 Å². The van der Waals surface area contributed by atoms with Crippen LogP contribution in [0.4, 0.5) is 0 Å². The molecule has 0 spiro atoms. The van der Waals surface area contributed by atoms with Gasteiger partial charge in [-0.05, 0) is 25.7 Å². The predicted octanol–water partition coefficient (Wildman–Crippen LogP) is 1.10. The molecule has 0 unspecified atom stereocenters. The van der Waals surface area contributed by atoms with Crippen LogP contribution in [0.1, 0.15) is 72.1 Å². The number of amides is 3.